The molecule has 0 aliphatic carbocycles. The highest BCUT2D eigenvalue weighted by Gasteiger charge is 2.13. The van der Waals surface area contributed by atoms with Crippen molar-refractivity contribution in [1.29, 1.82) is 0 Å². The Morgan fingerprint density at radius 3 is 2.24 bits per heavy atom. The highest BCUT2D eigenvalue weighted by molar-refractivity contribution is 5.63. The Labute approximate surface area is 125 Å². The molecule has 7 nitrogen and oxygen atoms in total. The van der Waals surface area contributed by atoms with E-state index in [0.29, 0.717) is 30.0 Å². The lowest BCUT2D eigenvalue weighted by Gasteiger charge is -2.30. The van der Waals surface area contributed by atoms with Crippen molar-refractivity contribution in [3.05, 3.63) is 28.3 Å². The first-order chi connectivity index (χ1) is 9.85. The van der Waals surface area contributed by atoms with Crippen molar-refractivity contribution in [3.63, 3.8) is 0 Å². The second kappa shape index (κ2) is 7.80. The summed E-state index contributed by atoms with van der Waals surface area (Å²) in [4.78, 5) is 12.8. The summed E-state index contributed by atoms with van der Waals surface area (Å²) in [5.41, 5.74) is 3.65. The number of hydrogen-bond acceptors (Lipinski definition) is 6. The fourth-order valence-electron chi connectivity index (χ4n) is 2.34. The predicted molar refractivity (Wildman–Crippen MR) is 86.4 cm³/mol. The number of nitrogens with one attached hydrogen (secondary N) is 2. The van der Waals surface area contributed by atoms with Gasteiger partial charge in [-0.25, -0.2) is 0 Å². The van der Waals surface area contributed by atoms with E-state index in [1.54, 1.807) is 6.07 Å². The summed E-state index contributed by atoms with van der Waals surface area (Å²) >= 11 is 0. The minimum absolute atomic E-state index is 0.0116. The summed E-state index contributed by atoms with van der Waals surface area (Å²) in [6.07, 6.45) is 0. The van der Waals surface area contributed by atoms with E-state index in [4.69, 9.17) is 5.84 Å². The largest absolute Gasteiger partial charge is 0.383 e. The van der Waals surface area contributed by atoms with Crippen LogP contribution in [0.2, 0.25) is 0 Å². The second-order valence-corrected chi connectivity index (χ2v) is 5.52. The first kappa shape index (κ1) is 17.2. The van der Waals surface area contributed by atoms with E-state index >= 15 is 0 Å². The van der Waals surface area contributed by atoms with Gasteiger partial charge in [-0.1, -0.05) is 0 Å². The van der Waals surface area contributed by atoms with E-state index in [1.807, 2.05) is 0 Å². The van der Waals surface area contributed by atoms with Crippen LogP contribution in [0.4, 0.5) is 17.1 Å². The van der Waals surface area contributed by atoms with E-state index < -0.39 is 4.92 Å². The van der Waals surface area contributed by atoms with Gasteiger partial charge in [0.15, 0.2) is 0 Å². The molecule has 0 aliphatic heterocycles. The Morgan fingerprint density at radius 1 is 1.19 bits per heavy atom. The van der Waals surface area contributed by atoms with E-state index in [0.717, 1.165) is 6.54 Å². The van der Waals surface area contributed by atoms with Gasteiger partial charge in [-0.05, 0) is 33.8 Å². The summed E-state index contributed by atoms with van der Waals surface area (Å²) in [6.45, 7) is 10.2. The van der Waals surface area contributed by atoms with Gasteiger partial charge in [0.25, 0.3) is 5.69 Å². The van der Waals surface area contributed by atoms with Crippen LogP contribution in [0.3, 0.4) is 0 Å². The van der Waals surface area contributed by atoms with Gasteiger partial charge in [0.05, 0.1) is 10.6 Å². The molecule has 7 heteroatoms. The zero-order valence-corrected chi connectivity index (χ0v) is 13.1. The molecular formula is C14H25N5O2. The number of nitro benzene ring substituents is 1. The molecule has 0 fully saturated rings. The molecule has 0 bridgehead atoms. The highest BCUT2D eigenvalue weighted by Crippen LogP contribution is 2.23. The van der Waals surface area contributed by atoms with Gasteiger partial charge < -0.3 is 10.7 Å². The van der Waals surface area contributed by atoms with Crippen LogP contribution in [0.5, 0.6) is 0 Å². The van der Waals surface area contributed by atoms with Gasteiger partial charge in [-0.15, -0.1) is 0 Å². The molecule has 0 saturated heterocycles. The van der Waals surface area contributed by atoms with Crippen LogP contribution in [-0.4, -0.2) is 35.0 Å². The maximum atomic E-state index is 10.9. The average Bonchev–Trinajstić information content (AvgIpc) is 2.42. The van der Waals surface area contributed by atoms with Crippen molar-refractivity contribution in [2.45, 2.75) is 39.8 Å². The monoisotopic (exact) mass is 295 g/mol. The number of nitrogen functional groups attached to an aromatic ring is 1. The van der Waals surface area contributed by atoms with E-state index in [2.05, 4.69) is 43.3 Å². The van der Waals surface area contributed by atoms with Crippen LogP contribution in [0, 0.1) is 10.1 Å². The average molecular weight is 295 g/mol. The smallest absolute Gasteiger partial charge is 0.273 e. The molecule has 0 aromatic heterocycles. The van der Waals surface area contributed by atoms with Gasteiger partial charge >= 0.3 is 0 Å². The minimum Gasteiger partial charge on any atom is -0.383 e. The third kappa shape index (κ3) is 5.20. The van der Waals surface area contributed by atoms with Crippen molar-refractivity contribution < 1.29 is 4.92 Å². The zero-order chi connectivity index (χ0) is 16.0. The lowest BCUT2D eigenvalue weighted by Crippen LogP contribution is -2.40. The third-order valence-corrected chi connectivity index (χ3v) is 3.32. The molecule has 0 aliphatic rings. The number of nitrogens with zero attached hydrogens (tertiary/aromatic N) is 2. The Kier molecular flexibility index (Phi) is 6.39. The third-order valence-electron chi connectivity index (χ3n) is 3.32. The molecule has 0 spiro atoms. The maximum absolute atomic E-state index is 10.9. The molecule has 21 heavy (non-hydrogen) atoms. The lowest BCUT2D eigenvalue weighted by molar-refractivity contribution is -0.384. The van der Waals surface area contributed by atoms with Gasteiger partial charge in [0.1, 0.15) is 0 Å². The number of nitro groups is 1. The SMILES string of the molecule is CC(C)N(CCNc1cc(NN)cc([N+](=O)[O-])c1)C(C)C. The fraction of sp³-hybridized carbons (Fsp3) is 0.571. The fourth-order valence-corrected chi connectivity index (χ4v) is 2.34. The van der Waals surface area contributed by atoms with Gasteiger partial charge in [0.2, 0.25) is 0 Å². The van der Waals surface area contributed by atoms with E-state index in [9.17, 15) is 10.1 Å². The summed E-state index contributed by atoms with van der Waals surface area (Å²) in [5.74, 6) is 5.34. The molecule has 118 valence electrons. The number of nitrogens with two attached hydrogens (primary N) is 1. The normalized spacial score (nSPS) is 11.2. The highest BCUT2D eigenvalue weighted by atomic mass is 16.6. The quantitative estimate of drug-likeness (QED) is 0.387. The number of rotatable bonds is 8. The number of benzene rings is 1. The molecule has 1 aromatic rings. The lowest BCUT2D eigenvalue weighted by atomic mass is 10.2. The van der Waals surface area contributed by atoms with E-state index in [-0.39, 0.29) is 5.69 Å². The van der Waals surface area contributed by atoms with Crippen LogP contribution >= 0.6 is 0 Å². The molecule has 1 rings (SSSR count). The van der Waals surface area contributed by atoms with Gasteiger partial charge in [-0.2, -0.15) is 0 Å². The van der Waals surface area contributed by atoms with Crippen LogP contribution in [0.1, 0.15) is 27.7 Å². The first-order valence-electron chi connectivity index (χ1n) is 7.11. The summed E-state index contributed by atoms with van der Waals surface area (Å²) in [5, 5.41) is 14.1. The number of non-ortho nitro benzene ring substituents is 1. The molecule has 0 atom stereocenters. The molecule has 0 unspecified atom stereocenters. The molecule has 1 aromatic carbocycles. The molecular weight excluding hydrogens is 270 g/mol. The standard InChI is InChI=1S/C14H25N5O2/c1-10(2)18(11(3)4)6-5-16-12-7-13(17-15)9-14(8-12)19(20)21/h7-11,16-17H,5-6,15H2,1-4H3. The molecule has 4 N–H and O–H groups in total. The number of anilines is 2. The topological polar surface area (TPSA) is 96.5 Å². The molecule has 0 radical (unpaired) electrons. The van der Waals surface area contributed by atoms with Crippen molar-refractivity contribution in [2.75, 3.05) is 23.8 Å². The molecule has 0 heterocycles. The summed E-state index contributed by atoms with van der Waals surface area (Å²) in [6, 6.07) is 5.58. The van der Waals surface area contributed by atoms with Crippen molar-refractivity contribution in [1.82, 2.24) is 4.90 Å². The Hall–Kier alpha value is -1.86. The van der Waals surface area contributed by atoms with E-state index in [1.165, 1.54) is 12.1 Å². The molecule has 0 saturated carbocycles. The Balaban J connectivity index is 2.70. The van der Waals surface area contributed by atoms with Gasteiger partial charge in [0, 0.05) is 43.0 Å². The first-order valence-corrected chi connectivity index (χ1v) is 7.11. The van der Waals surface area contributed by atoms with Crippen LogP contribution in [0.25, 0.3) is 0 Å². The molecule has 0 amide bonds. The maximum Gasteiger partial charge on any atom is 0.273 e. The Bertz CT molecular complexity index is 468. The number of hydrazine groups is 1. The van der Waals surface area contributed by atoms with Crippen LogP contribution < -0.4 is 16.6 Å². The van der Waals surface area contributed by atoms with Crippen LogP contribution in [0.15, 0.2) is 18.2 Å². The van der Waals surface area contributed by atoms with Crippen molar-refractivity contribution in [3.8, 4) is 0 Å². The minimum atomic E-state index is -0.430. The number of hydrogen-bond donors (Lipinski definition) is 3. The predicted octanol–water partition coefficient (Wildman–Crippen LogP) is 2.41. The van der Waals surface area contributed by atoms with Crippen molar-refractivity contribution in [2.24, 2.45) is 5.84 Å². The summed E-state index contributed by atoms with van der Waals surface area (Å²) in [7, 11) is 0. The van der Waals surface area contributed by atoms with Crippen molar-refractivity contribution >= 4 is 17.1 Å². The summed E-state index contributed by atoms with van der Waals surface area (Å²) < 4.78 is 0. The Morgan fingerprint density at radius 2 is 1.76 bits per heavy atom. The second-order valence-electron chi connectivity index (χ2n) is 5.52. The van der Waals surface area contributed by atoms with Crippen LogP contribution in [-0.2, 0) is 0 Å². The zero-order valence-electron chi connectivity index (χ0n) is 13.1. The van der Waals surface area contributed by atoms with Gasteiger partial charge in [-0.3, -0.25) is 20.9 Å².